The molecule has 6 nitrogen and oxygen atoms in total. The Bertz CT molecular complexity index is 1070. The van der Waals surface area contributed by atoms with Crippen LogP contribution >= 0.6 is 10.6 Å². The van der Waals surface area contributed by atoms with E-state index in [1.807, 2.05) is 0 Å². The van der Waals surface area contributed by atoms with Crippen molar-refractivity contribution < 1.29 is 36.9 Å². The van der Waals surface area contributed by atoms with Crippen LogP contribution < -0.4 is 4.74 Å². The van der Waals surface area contributed by atoms with Crippen molar-refractivity contribution in [1.82, 2.24) is 0 Å². The predicted molar refractivity (Wildman–Crippen MR) is 86.5 cm³/mol. The van der Waals surface area contributed by atoms with Gasteiger partial charge in [-0.25, -0.2) is 4.39 Å². The molecule has 1 unspecified atom stereocenters. The summed E-state index contributed by atoms with van der Waals surface area (Å²) in [5.41, 5.74) is -4.14. The molecule has 0 aromatic heterocycles. The Balaban J connectivity index is 1.90. The lowest BCUT2D eigenvalue weighted by Gasteiger charge is -2.38. The smallest absolute Gasteiger partial charge is 0.374 e. The highest BCUT2D eigenvalue weighted by molar-refractivity contribution is 8.25. The number of alkyl halides is 2. The second-order valence-corrected chi connectivity index (χ2v) is 8.28. The Hall–Kier alpha value is -2.58. The molecule has 140 valence electrons. The van der Waals surface area contributed by atoms with Crippen molar-refractivity contribution in [3.8, 4) is 17.6 Å². The van der Waals surface area contributed by atoms with Gasteiger partial charge in [0.2, 0.25) is 0 Å². The van der Waals surface area contributed by atoms with Gasteiger partial charge in [0, 0.05) is 11.6 Å². The van der Waals surface area contributed by atoms with Gasteiger partial charge in [0.05, 0.1) is 28.5 Å². The molecular weight excluding hydrogens is 387 g/mol. The van der Waals surface area contributed by atoms with E-state index in [0.29, 0.717) is 0 Å². The third-order valence-electron chi connectivity index (χ3n) is 4.61. The first-order chi connectivity index (χ1) is 12.5. The molecule has 10 heteroatoms. The van der Waals surface area contributed by atoms with E-state index in [9.17, 15) is 32.2 Å². The molecule has 1 atom stereocenters. The van der Waals surface area contributed by atoms with Gasteiger partial charge in [0.15, 0.2) is 11.4 Å². The van der Waals surface area contributed by atoms with Crippen LogP contribution in [0.1, 0.15) is 27.9 Å². The molecule has 0 fully saturated rings. The van der Waals surface area contributed by atoms with E-state index in [2.05, 4.69) is 0 Å². The molecular formula is C17H10F3NO5S. The summed E-state index contributed by atoms with van der Waals surface area (Å²) in [6.07, 6.45) is -1.05. The van der Waals surface area contributed by atoms with Gasteiger partial charge in [-0.15, -0.1) is 10.6 Å². The van der Waals surface area contributed by atoms with Crippen molar-refractivity contribution >= 4 is 16.4 Å². The van der Waals surface area contributed by atoms with E-state index >= 15 is 0 Å². The summed E-state index contributed by atoms with van der Waals surface area (Å²) in [4.78, 5) is 11.7. The number of Topliss-reactive ketones (excluding diaryl/α,β-unsaturated/α-hetero) is 1. The third kappa shape index (κ3) is 2.11. The topological polar surface area (TPSA) is 111 Å². The van der Waals surface area contributed by atoms with E-state index in [0.717, 1.165) is 24.3 Å². The maximum absolute atomic E-state index is 14.5. The summed E-state index contributed by atoms with van der Waals surface area (Å²) >= 11 is 0. The zero-order chi connectivity index (χ0) is 19.8. The quantitative estimate of drug-likeness (QED) is 0.707. The first kappa shape index (κ1) is 17.8. The van der Waals surface area contributed by atoms with Gasteiger partial charge in [0.25, 0.3) is 0 Å². The minimum Gasteiger partial charge on any atom is -0.456 e. The first-order valence-electron chi connectivity index (χ1n) is 7.50. The second-order valence-electron chi connectivity index (χ2n) is 6.23. The Morgan fingerprint density at radius 3 is 2.59 bits per heavy atom. The number of benzene rings is 2. The lowest BCUT2D eigenvalue weighted by molar-refractivity contribution is -0.125. The van der Waals surface area contributed by atoms with Crippen LogP contribution in [0.3, 0.4) is 0 Å². The van der Waals surface area contributed by atoms with Crippen molar-refractivity contribution in [2.75, 3.05) is 0 Å². The van der Waals surface area contributed by atoms with Crippen molar-refractivity contribution in [2.45, 2.75) is 22.2 Å². The van der Waals surface area contributed by atoms with E-state index in [1.165, 1.54) is 6.07 Å². The van der Waals surface area contributed by atoms with Gasteiger partial charge in [-0.05, 0) is 24.3 Å². The van der Waals surface area contributed by atoms with E-state index in [4.69, 9.17) is 10.00 Å². The average molecular weight is 397 g/mol. The zero-order valence-corrected chi connectivity index (χ0v) is 14.1. The predicted octanol–water partition coefficient (Wildman–Crippen LogP) is 3.98. The summed E-state index contributed by atoms with van der Waals surface area (Å²) in [7, 11) is -4.69. The molecule has 0 spiro atoms. The number of hydrogen-bond donors (Lipinski definition) is 3. The molecule has 1 aliphatic carbocycles. The average Bonchev–Trinajstić information content (AvgIpc) is 2.92. The maximum Gasteiger partial charge on any atom is 0.374 e. The molecule has 0 saturated heterocycles. The number of carbonyl (C=O) groups is 1. The van der Waals surface area contributed by atoms with Crippen LogP contribution in [-0.4, -0.2) is 25.2 Å². The van der Waals surface area contributed by atoms with E-state index in [1.54, 1.807) is 6.07 Å². The number of ketones is 1. The van der Waals surface area contributed by atoms with Crippen molar-refractivity contribution in [1.29, 1.82) is 5.26 Å². The fourth-order valence-electron chi connectivity index (χ4n) is 3.42. The normalized spacial score (nSPS) is 25.0. The SMILES string of the molecule is N#Cc1cc(F)cc(Oc2ccc3c4c2C(=O)CC4(O)C(F)(F)S3(O)O)c1. The van der Waals surface area contributed by atoms with Gasteiger partial charge >= 0.3 is 5.25 Å². The van der Waals surface area contributed by atoms with Gasteiger partial charge in [-0.3, -0.25) is 13.9 Å². The highest BCUT2D eigenvalue weighted by atomic mass is 32.3. The molecule has 1 heterocycles. The second kappa shape index (κ2) is 5.24. The molecule has 0 bridgehead atoms. The van der Waals surface area contributed by atoms with Crippen molar-refractivity contribution in [3.63, 3.8) is 0 Å². The molecule has 0 radical (unpaired) electrons. The molecule has 0 amide bonds. The lowest BCUT2D eigenvalue weighted by Crippen LogP contribution is -2.42. The van der Waals surface area contributed by atoms with Crippen LogP contribution in [0.4, 0.5) is 13.2 Å². The van der Waals surface area contributed by atoms with Gasteiger partial charge in [-0.1, -0.05) is 0 Å². The highest BCUT2D eigenvalue weighted by Crippen LogP contribution is 2.77. The van der Waals surface area contributed by atoms with Gasteiger partial charge in [-0.2, -0.15) is 14.0 Å². The summed E-state index contributed by atoms with van der Waals surface area (Å²) < 4.78 is 67.8. The first-order valence-corrected chi connectivity index (χ1v) is 9.05. The summed E-state index contributed by atoms with van der Waals surface area (Å²) in [5, 5.41) is 15.0. The summed E-state index contributed by atoms with van der Waals surface area (Å²) in [5.74, 6) is -2.10. The molecule has 27 heavy (non-hydrogen) atoms. The minimum absolute atomic E-state index is 0.0638. The van der Waals surface area contributed by atoms with Crippen molar-refractivity contribution in [3.05, 3.63) is 52.8 Å². The number of hydrogen-bond acceptors (Lipinski definition) is 6. The highest BCUT2D eigenvalue weighted by Gasteiger charge is 2.73. The molecule has 1 aliphatic heterocycles. The molecule has 2 aromatic carbocycles. The summed E-state index contributed by atoms with van der Waals surface area (Å²) in [6.45, 7) is 0. The fourth-order valence-corrected chi connectivity index (χ4v) is 5.15. The summed E-state index contributed by atoms with van der Waals surface area (Å²) in [6, 6.07) is 6.76. The van der Waals surface area contributed by atoms with E-state index in [-0.39, 0.29) is 17.1 Å². The standard InChI is InChI=1S/C17H10F3NO5S/c18-9-3-8(7-21)4-10(5-9)26-12-1-2-13-15-14(12)11(22)6-16(15,23)17(19,20)27(13,24)25/h1-5,23-25H,6H2. The fraction of sp³-hybridized carbons (Fsp3) is 0.176. The third-order valence-corrected chi connectivity index (χ3v) is 6.62. The molecule has 4 rings (SSSR count). The lowest BCUT2D eigenvalue weighted by atomic mass is 9.96. The molecule has 0 saturated carbocycles. The van der Waals surface area contributed by atoms with Gasteiger partial charge in [0.1, 0.15) is 17.3 Å². The largest absolute Gasteiger partial charge is 0.456 e. The van der Waals surface area contributed by atoms with Crippen molar-refractivity contribution in [2.24, 2.45) is 0 Å². The van der Waals surface area contributed by atoms with Crippen LogP contribution in [0.15, 0.2) is 35.2 Å². The molecule has 2 aliphatic rings. The Morgan fingerprint density at radius 2 is 1.93 bits per heavy atom. The van der Waals surface area contributed by atoms with Crippen LogP contribution in [-0.2, 0) is 5.60 Å². The minimum atomic E-state index is -4.69. The van der Waals surface area contributed by atoms with Gasteiger partial charge < -0.3 is 9.84 Å². The number of nitriles is 1. The zero-order valence-electron chi connectivity index (χ0n) is 13.2. The van der Waals surface area contributed by atoms with Crippen LogP contribution in [0, 0.1) is 17.1 Å². The number of rotatable bonds is 2. The number of nitrogens with zero attached hydrogens (tertiary/aromatic N) is 1. The Kier molecular flexibility index (Phi) is 3.45. The number of ether oxygens (including phenoxy) is 1. The molecule has 2 aromatic rings. The maximum atomic E-state index is 14.5. The van der Waals surface area contributed by atoms with Crippen LogP contribution in [0.2, 0.25) is 0 Å². The molecule has 3 N–H and O–H groups in total. The monoisotopic (exact) mass is 397 g/mol. The van der Waals surface area contributed by atoms with Crippen LogP contribution in [0.5, 0.6) is 11.5 Å². The Labute approximate surface area is 151 Å². The van der Waals surface area contributed by atoms with Crippen LogP contribution in [0.25, 0.3) is 0 Å². The number of aliphatic hydroxyl groups is 1. The Morgan fingerprint density at radius 1 is 1.22 bits per heavy atom. The van der Waals surface area contributed by atoms with E-state index < -0.39 is 55.5 Å². The number of carbonyl (C=O) groups excluding carboxylic acids is 1. The number of halogens is 3.